The highest BCUT2D eigenvalue weighted by Gasteiger charge is 2.24. The highest BCUT2D eigenvalue weighted by molar-refractivity contribution is 5.96. The van der Waals surface area contributed by atoms with Crippen LogP contribution >= 0.6 is 0 Å². The Balaban J connectivity index is 1.75. The molecule has 0 radical (unpaired) electrons. The number of fused-ring (bicyclic) bond motifs is 2. The van der Waals surface area contributed by atoms with Gasteiger partial charge in [0.15, 0.2) is 0 Å². The lowest BCUT2D eigenvalue weighted by Crippen LogP contribution is -2.35. The largest absolute Gasteiger partial charge is 0.387 e. The molecule has 1 aromatic carbocycles. The average molecular weight is 403 g/mol. The minimum absolute atomic E-state index is 0.599. The summed E-state index contributed by atoms with van der Waals surface area (Å²) in [4.78, 5) is 7.42. The van der Waals surface area contributed by atoms with E-state index in [4.69, 9.17) is 10.4 Å². The smallest absolute Gasteiger partial charge is 0.0767 e. The molecule has 2 aromatic heterocycles. The van der Waals surface area contributed by atoms with Gasteiger partial charge in [0.05, 0.1) is 28.8 Å². The summed E-state index contributed by atoms with van der Waals surface area (Å²) in [7, 11) is 0. The van der Waals surface area contributed by atoms with Crippen molar-refractivity contribution >= 4 is 16.6 Å². The highest BCUT2D eigenvalue weighted by atomic mass is 15.2. The standard InChI is InChI=1S/C24H30N6/c1-6-26-17(5)24(16(4)25)30-10-9-20-19(13-30)15(3)11-22(28-20)23-14(2)7-8-21-18(23)12-27-29-21/h7-8,11-12,25-26H,6,9-10,13H2,1-5H3,(H,27,29)/b24-17+,25-16?. The number of aromatic nitrogens is 3. The molecule has 156 valence electrons. The number of allylic oxidation sites excluding steroid dienone is 2. The number of rotatable bonds is 5. The van der Waals surface area contributed by atoms with Crippen molar-refractivity contribution in [1.82, 2.24) is 25.4 Å². The summed E-state index contributed by atoms with van der Waals surface area (Å²) in [5, 5.41) is 20.1. The Hall–Kier alpha value is -3.15. The molecular formula is C24H30N6. The van der Waals surface area contributed by atoms with E-state index in [0.29, 0.717) is 5.71 Å². The van der Waals surface area contributed by atoms with E-state index in [2.05, 4.69) is 66.3 Å². The van der Waals surface area contributed by atoms with E-state index in [1.54, 1.807) is 0 Å². The summed E-state index contributed by atoms with van der Waals surface area (Å²) >= 11 is 0. The van der Waals surface area contributed by atoms with Crippen molar-refractivity contribution in [2.24, 2.45) is 0 Å². The van der Waals surface area contributed by atoms with Crippen molar-refractivity contribution in [3.05, 3.63) is 58.2 Å². The van der Waals surface area contributed by atoms with Crippen LogP contribution in [0.2, 0.25) is 0 Å². The molecule has 0 amide bonds. The fraction of sp³-hybridized carbons (Fsp3) is 0.375. The fourth-order valence-corrected chi connectivity index (χ4v) is 4.59. The molecule has 30 heavy (non-hydrogen) atoms. The van der Waals surface area contributed by atoms with Gasteiger partial charge in [-0.3, -0.25) is 10.1 Å². The second-order valence-corrected chi connectivity index (χ2v) is 8.14. The SMILES string of the molecule is CCN/C(C)=C(\C(C)=N)N1CCc2nc(-c3c(C)ccc4[nH]ncc34)cc(C)c2C1. The van der Waals surface area contributed by atoms with Crippen LogP contribution in [0.1, 0.15) is 43.2 Å². The molecule has 0 saturated heterocycles. The normalized spacial score (nSPS) is 14.5. The van der Waals surface area contributed by atoms with Gasteiger partial charge in [0.1, 0.15) is 0 Å². The second kappa shape index (κ2) is 7.94. The van der Waals surface area contributed by atoms with Crippen LogP contribution in [0.4, 0.5) is 0 Å². The lowest BCUT2D eigenvalue weighted by Gasteiger charge is -2.34. The molecule has 0 fully saturated rings. The van der Waals surface area contributed by atoms with Gasteiger partial charge in [-0.2, -0.15) is 5.10 Å². The number of nitrogens with zero attached hydrogens (tertiary/aromatic N) is 3. The minimum Gasteiger partial charge on any atom is -0.387 e. The number of nitrogens with one attached hydrogen (secondary N) is 3. The number of hydrogen-bond acceptors (Lipinski definition) is 5. The molecule has 0 atom stereocenters. The zero-order valence-corrected chi connectivity index (χ0v) is 18.5. The lowest BCUT2D eigenvalue weighted by molar-refractivity contribution is 0.328. The highest BCUT2D eigenvalue weighted by Crippen LogP contribution is 2.33. The Morgan fingerprint density at radius 3 is 2.77 bits per heavy atom. The van der Waals surface area contributed by atoms with Crippen molar-refractivity contribution < 1.29 is 0 Å². The quantitative estimate of drug-likeness (QED) is 0.550. The van der Waals surface area contributed by atoms with Crippen molar-refractivity contribution in [1.29, 1.82) is 5.41 Å². The van der Waals surface area contributed by atoms with Crippen LogP contribution in [0.5, 0.6) is 0 Å². The maximum absolute atomic E-state index is 8.30. The van der Waals surface area contributed by atoms with Crippen LogP contribution in [-0.4, -0.2) is 38.9 Å². The number of pyridine rings is 1. The number of aryl methyl sites for hydroxylation is 2. The molecule has 0 saturated carbocycles. The number of H-pyrrole nitrogens is 1. The minimum atomic E-state index is 0.599. The Bertz CT molecular complexity index is 1150. The van der Waals surface area contributed by atoms with Gasteiger partial charge in [-0.05, 0) is 63.4 Å². The monoisotopic (exact) mass is 402 g/mol. The van der Waals surface area contributed by atoms with Crippen molar-refractivity contribution in [2.45, 2.75) is 47.6 Å². The molecule has 0 unspecified atom stereocenters. The van der Waals surface area contributed by atoms with Gasteiger partial charge in [-0.1, -0.05) is 6.07 Å². The van der Waals surface area contributed by atoms with Crippen molar-refractivity contribution in [3.63, 3.8) is 0 Å². The van der Waals surface area contributed by atoms with Crippen LogP contribution in [0.25, 0.3) is 22.2 Å². The van der Waals surface area contributed by atoms with Crippen LogP contribution < -0.4 is 5.32 Å². The van der Waals surface area contributed by atoms with Gasteiger partial charge in [0.2, 0.25) is 0 Å². The van der Waals surface area contributed by atoms with Crippen LogP contribution in [0.3, 0.4) is 0 Å². The Labute approximate surface area is 177 Å². The van der Waals surface area contributed by atoms with E-state index < -0.39 is 0 Å². The molecule has 6 heteroatoms. The predicted octanol–water partition coefficient (Wildman–Crippen LogP) is 4.48. The molecule has 6 nitrogen and oxygen atoms in total. The molecule has 0 spiro atoms. The molecule has 0 aliphatic carbocycles. The van der Waals surface area contributed by atoms with E-state index >= 15 is 0 Å². The summed E-state index contributed by atoms with van der Waals surface area (Å²) in [5.41, 5.74) is 10.8. The lowest BCUT2D eigenvalue weighted by atomic mass is 9.95. The maximum Gasteiger partial charge on any atom is 0.0767 e. The van der Waals surface area contributed by atoms with Gasteiger partial charge in [0.25, 0.3) is 0 Å². The topological polar surface area (TPSA) is 80.7 Å². The summed E-state index contributed by atoms with van der Waals surface area (Å²) < 4.78 is 0. The van der Waals surface area contributed by atoms with E-state index in [0.717, 1.165) is 59.6 Å². The number of benzene rings is 1. The first kappa shape index (κ1) is 20.1. The van der Waals surface area contributed by atoms with Gasteiger partial charge in [-0.15, -0.1) is 0 Å². The third-order valence-corrected chi connectivity index (χ3v) is 5.96. The summed E-state index contributed by atoms with van der Waals surface area (Å²) in [6.45, 7) is 12.8. The van der Waals surface area contributed by atoms with Crippen LogP contribution in [0, 0.1) is 19.3 Å². The molecule has 1 aliphatic rings. The zero-order valence-electron chi connectivity index (χ0n) is 18.5. The van der Waals surface area contributed by atoms with E-state index in [1.807, 2.05) is 13.1 Å². The van der Waals surface area contributed by atoms with Gasteiger partial charge >= 0.3 is 0 Å². The first-order valence-electron chi connectivity index (χ1n) is 10.6. The van der Waals surface area contributed by atoms with Crippen LogP contribution in [-0.2, 0) is 13.0 Å². The fourth-order valence-electron chi connectivity index (χ4n) is 4.59. The van der Waals surface area contributed by atoms with Gasteiger partial charge in [0, 0.05) is 48.4 Å². The molecule has 4 rings (SSSR count). The molecule has 3 aromatic rings. The van der Waals surface area contributed by atoms with Crippen LogP contribution in [0.15, 0.2) is 35.8 Å². The Morgan fingerprint density at radius 1 is 1.23 bits per heavy atom. The molecule has 3 N–H and O–H groups in total. The van der Waals surface area contributed by atoms with Crippen molar-refractivity contribution in [2.75, 3.05) is 13.1 Å². The molecule has 3 heterocycles. The molecule has 1 aliphatic heterocycles. The van der Waals surface area contributed by atoms with E-state index in [-0.39, 0.29) is 0 Å². The Morgan fingerprint density at radius 2 is 2.03 bits per heavy atom. The molecular weight excluding hydrogens is 372 g/mol. The second-order valence-electron chi connectivity index (χ2n) is 8.14. The summed E-state index contributed by atoms with van der Waals surface area (Å²) in [6.07, 6.45) is 2.77. The molecule has 0 bridgehead atoms. The third-order valence-electron chi connectivity index (χ3n) is 5.96. The van der Waals surface area contributed by atoms with E-state index in [1.165, 1.54) is 22.4 Å². The van der Waals surface area contributed by atoms with Crippen molar-refractivity contribution in [3.8, 4) is 11.3 Å². The summed E-state index contributed by atoms with van der Waals surface area (Å²) in [5.74, 6) is 0. The van der Waals surface area contributed by atoms with Gasteiger partial charge < -0.3 is 15.6 Å². The zero-order chi connectivity index (χ0) is 21.4. The third kappa shape index (κ3) is 3.47. The predicted molar refractivity (Wildman–Crippen MR) is 123 cm³/mol. The Kier molecular flexibility index (Phi) is 5.33. The maximum atomic E-state index is 8.30. The first-order valence-corrected chi connectivity index (χ1v) is 10.6. The number of hydrogen-bond donors (Lipinski definition) is 3. The summed E-state index contributed by atoms with van der Waals surface area (Å²) in [6, 6.07) is 6.40. The van der Waals surface area contributed by atoms with Gasteiger partial charge in [-0.25, -0.2) is 0 Å². The average Bonchev–Trinajstić information content (AvgIpc) is 3.17. The number of aromatic amines is 1. The first-order chi connectivity index (χ1) is 14.4. The van der Waals surface area contributed by atoms with E-state index in [9.17, 15) is 0 Å².